The predicted molar refractivity (Wildman–Crippen MR) is 118 cm³/mol. The number of likely N-dealkylation sites (tertiary alicyclic amines) is 1. The number of imide groups is 1. The summed E-state index contributed by atoms with van der Waals surface area (Å²) in [7, 11) is 0. The summed E-state index contributed by atoms with van der Waals surface area (Å²) in [6.07, 6.45) is 5.87. The van der Waals surface area contributed by atoms with Crippen LogP contribution in [-0.4, -0.2) is 32.7 Å². The number of halogens is 1. The second kappa shape index (κ2) is 8.40. The van der Waals surface area contributed by atoms with Crippen LogP contribution >= 0.6 is 12.4 Å². The molecule has 3 aromatic rings. The molecule has 2 amide bonds. The summed E-state index contributed by atoms with van der Waals surface area (Å²) >= 11 is 0. The van der Waals surface area contributed by atoms with E-state index in [2.05, 4.69) is 21.4 Å². The maximum Gasteiger partial charge on any atom is 0.229 e. The molecule has 1 aliphatic carbocycles. The molecule has 0 bridgehead atoms. The molecule has 7 heteroatoms. The third-order valence-electron chi connectivity index (χ3n) is 5.84. The zero-order valence-corrected chi connectivity index (χ0v) is 17.3. The van der Waals surface area contributed by atoms with Gasteiger partial charge in [-0.15, -0.1) is 12.4 Å². The van der Waals surface area contributed by atoms with Gasteiger partial charge in [-0.25, -0.2) is 9.97 Å². The van der Waals surface area contributed by atoms with Crippen LogP contribution in [0.3, 0.4) is 0 Å². The number of rotatable bonds is 5. The van der Waals surface area contributed by atoms with Crippen molar-refractivity contribution >= 4 is 40.9 Å². The Labute approximate surface area is 181 Å². The van der Waals surface area contributed by atoms with E-state index in [1.807, 2.05) is 36.4 Å². The van der Waals surface area contributed by atoms with E-state index in [-0.39, 0.29) is 24.2 Å². The largest absolute Gasteiger partial charge is 0.367 e. The highest BCUT2D eigenvalue weighted by Crippen LogP contribution is 2.30. The molecular formula is C23H23ClN4O2. The number of nitrogens with one attached hydrogen (secondary N) is 1. The summed E-state index contributed by atoms with van der Waals surface area (Å²) in [5.74, 6) is 0.705. The number of hydrogen-bond donors (Lipinski definition) is 1. The van der Waals surface area contributed by atoms with Crippen LogP contribution in [0.25, 0.3) is 22.0 Å². The van der Waals surface area contributed by atoms with Gasteiger partial charge >= 0.3 is 0 Å². The SMILES string of the molecule is Cl.O=C1CCC(=O)N1Cc1cccc(-c2ccc3ncnc(NC4CCC4)c3c2)c1. The van der Waals surface area contributed by atoms with Crippen molar-refractivity contribution in [2.24, 2.45) is 0 Å². The molecule has 1 saturated heterocycles. The van der Waals surface area contributed by atoms with E-state index in [9.17, 15) is 9.59 Å². The molecule has 1 saturated carbocycles. The van der Waals surface area contributed by atoms with Crippen molar-refractivity contribution in [3.05, 3.63) is 54.4 Å². The van der Waals surface area contributed by atoms with Gasteiger partial charge in [0.05, 0.1) is 12.1 Å². The smallest absolute Gasteiger partial charge is 0.229 e. The lowest BCUT2D eigenvalue weighted by molar-refractivity contribution is -0.139. The molecule has 1 N–H and O–H groups in total. The minimum atomic E-state index is -0.0880. The first-order valence-electron chi connectivity index (χ1n) is 10.1. The number of fused-ring (bicyclic) bond motifs is 1. The number of carbonyl (C=O) groups is 2. The predicted octanol–water partition coefficient (Wildman–Crippen LogP) is 4.33. The van der Waals surface area contributed by atoms with Gasteiger partial charge in [0, 0.05) is 24.3 Å². The Kier molecular flexibility index (Phi) is 5.68. The summed E-state index contributed by atoms with van der Waals surface area (Å²) in [6.45, 7) is 0.330. The van der Waals surface area contributed by atoms with Gasteiger partial charge in [-0.2, -0.15) is 0 Å². The van der Waals surface area contributed by atoms with Gasteiger partial charge in [-0.05, 0) is 54.2 Å². The Balaban J connectivity index is 0.00000218. The maximum absolute atomic E-state index is 11.9. The van der Waals surface area contributed by atoms with Crippen molar-refractivity contribution in [1.29, 1.82) is 0 Å². The topological polar surface area (TPSA) is 75.2 Å². The van der Waals surface area contributed by atoms with Crippen LogP contribution in [0, 0.1) is 0 Å². The molecule has 154 valence electrons. The van der Waals surface area contributed by atoms with Crippen molar-refractivity contribution < 1.29 is 9.59 Å². The standard InChI is InChI=1S/C23H22N4O2.ClH/c28-21-9-10-22(29)27(21)13-15-3-1-4-16(11-15)17-7-8-20-19(12-17)23(25-14-24-20)26-18-5-2-6-18;/h1,3-4,7-8,11-12,14,18H,2,5-6,9-10,13H2,(H,24,25,26);1H. The van der Waals surface area contributed by atoms with Crippen LogP contribution in [-0.2, 0) is 16.1 Å². The average molecular weight is 423 g/mol. The maximum atomic E-state index is 11.9. The van der Waals surface area contributed by atoms with E-state index in [1.165, 1.54) is 24.2 Å². The van der Waals surface area contributed by atoms with Crippen molar-refractivity contribution in [3.63, 3.8) is 0 Å². The summed E-state index contributed by atoms with van der Waals surface area (Å²) in [5, 5.41) is 4.54. The fourth-order valence-electron chi connectivity index (χ4n) is 3.93. The first kappa shape index (κ1) is 20.3. The van der Waals surface area contributed by atoms with Gasteiger partial charge < -0.3 is 5.32 Å². The molecule has 2 heterocycles. The fourth-order valence-corrected chi connectivity index (χ4v) is 3.93. The van der Waals surface area contributed by atoms with E-state index < -0.39 is 0 Å². The monoisotopic (exact) mass is 422 g/mol. The van der Waals surface area contributed by atoms with Gasteiger partial charge in [0.2, 0.25) is 11.8 Å². The summed E-state index contributed by atoms with van der Waals surface area (Å²) in [4.78, 5) is 34.1. The minimum Gasteiger partial charge on any atom is -0.367 e. The lowest BCUT2D eigenvalue weighted by atomic mass is 9.93. The van der Waals surface area contributed by atoms with E-state index in [0.29, 0.717) is 25.4 Å². The Morgan fingerprint density at radius 1 is 0.967 bits per heavy atom. The molecule has 30 heavy (non-hydrogen) atoms. The quantitative estimate of drug-likeness (QED) is 0.619. The molecule has 2 aromatic carbocycles. The normalized spacial score (nSPS) is 16.5. The molecule has 0 spiro atoms. The van der Waals surface area contributed by atoms with Gasteiger partial charge in [0.25, 0.3) is 0 Å². The van der Waals surface area contributed by atoms with Gasteiger partial charge in [-0.3, -0.25) is 14.5 Å². The number of hydrogen-bond acceptors (Lipinski definition) is 5. The average Bonchev–Trinajstić information content (AvgIpc) is 3.02. The van der Waals surface area contributed by atoms with Crippen LogP contribution in [0.5, 0.6) is 0 Å². The van der Waals surface area contributed by atoms with Crippen LogP contribution in [0.2, 0.25) is 0 Å². The molecular weight excluding hydrogens is 400 g/mol. The molecule has 2 fully saturated rings. The molecule has 0 atom stereocenters. The zero-order valence-electron chi connectivity index (χ0n) is 16.5. The molecule has 0 unspecified atom stereocenters. The van der Waals surface area contributed by atoms with E-state index in [4.69, 9.17) is 0 Å². The first-order valence-corrected chi connectivity index (χ1v) is 10.1. The zero-order chi connectivity index (χ0) is 19.8. The second-order valence-corrected chi connectivity index (χ2v) is 7.80. The Bertz CT molecular complexity index is 1100. The van der Waals surface area contributed by atoms with Crippen molar-refractivity contribution in [1.82, 2.24) is 14.9 Å². The van der Waals surface area contributed by atoms with Crippen molar-refractivity contribution in [3.8, 4) is 11.1 Å². The second-order valence-electron chi connectivity index (χ2n) is 7.80. The summed E-state index contributed by atoms with van der Waals surface area (Å²) < 4.78 is 0. The van der Waals surface area contributed by atoms with Crippen LogP contribution < -0.4 is 5.32 Å². The van der Waals surface area contributed by atoms with Gasteiger partial charge in [0.1, 0.15) is 12.1 Å². The number of carbonyl (C=O) groups excluding carboxylic acids is 2. The highest BCUT2D eigenvalue weighted by Gasteiger charge is 2.28. The molecule has 1 aliphatic heterocycles. The lowest BCUT2D eigenvalue weighted by Gasteiger charge is -2.27. The number of nitrogens with zero attached hydrogens (tertiary/aromatic N) is 3. The molecule has 0 radical (unpaired) electrons. The Morgan fingerprint density at radius 2 is 1.73 bits per heavy atom. The first-order chi connectivity index (χ1) is 14.2. The third kappa shape index (κ3) is 3.87. The number of benzene rings is 2. The van der Waals surface area contributed by atoms with E-state index >= 15 is 0 Å². The van der Waals surface area contributed by atoms with Crippen LogP contribution in [0.4, 0.5) is 5.82 Å². The molecule has 1 aromatic heterocycles. The summed E-state index contributed by atoms with van der Waals surface area (Å²) in [5.41, 5.74) is 3.96. The van der Waals surface area contributed by atoms with Gasteiger partial charge in [0.15, 0.2) is 0 Å². The van der Waals surface area contributed by atoms with Crippen molar-refractivity contribution in [2.45, 2.75) is 44.7 Å². The third-order valence-corrected chi connectivity index (χ3v) is 5.84. The number of amides is 2. The Morgan fingerprint density at radius 3 is 2.47 bits per heavy atom. The van der Waals surface area contributed by atoms with Crippen molar-refractivity contribution in [2.75, 3.05) is 5.32 Å². The van der Waals surface area contributed by atoms with Gasteiger partial charge in [-0.1, -0.05) is 24.3 Å². The van der Waals surface area contributed by atoms with Crippen LogP contribution in [0.1, 0.15) is 37.7 Å². The van der Waals surface area contributed by atoms with Crippen LogP contribution in [0.15, 0.2) is 48.8 Å². The Hall–Kier alpha value is -2.99. The molecule has 2 aliphatic rings. The van der Waals surface area contributed by atoms with E-state index in [0.717, 1.165) is 33.4 Å². The summed E-state index contributed by atoms with van der Waals surface area (Å²) in [6, 6.07) is 14.7. The molecule has 5 rings (SSSR count). The number of aromatic nitrogens is 2. The highest BCUT2D eigenvalue weighted by atomic mass is 35.5. The molecule has 6 nitrogen and oxygen atoms in total. The highest BCUT2D eigenvalue weighted by molar-refractivity contribution is 6.01. The number of anilines is 1. The fraction of sp³-hybridized carbons (Fsp3) is 0.304. The lowest BCUT2D eigenvalue weighted by Crippen LogP contribution is -2.28. The van der Waals surface area contributed by atoms with E-state index in [1.54, 1.807) is 6.33 Å². The minimum absolute atomic E-state index is 0.